The first kappa shape index (κ1) is 15.7. The molecule has 78 valence electrons. The Morgan fingerprint density at radius 1 is 1.20 bits per heavy atom. The Morgan fingerprint density at radius 3 is 2.00 bits per heavy atom. The molecule has 0 aliphatic rings. The summed E-state index contributed by atoms with van der Waals surface area (Å²) in [7, 11) is 0. The topological polar surface area (TPSA) is 20.2 Å². The summed E-state index contributed by atoms with van der Waals surface area (Å²) < 4.78 is 36.6. The summed E-state index contributed by atoms with van der Waals surface area (Å²) in [5, 5.41) is 9.35. The predicted octanol–water partition coefficient (Wildman–Crippen LogP) is -0.812. The molecule has 1 N–H and O–H groups in total. The summed E-state index contributed by atoms with van der Waals surface area (Å²) in [5.41, 5.74) is -0.103. The van der Waals surface area contributed by atoms with Crippen molar-refractivity contribution in [1.82, 2.24) is 0 Å². The van der Waals surface area contributed by atoms with Crippen LogP contribution in [0.25, 0.3) is 0 Å². The molecule has 1 rings (SSSR count). The van der Waals surface area contributed by atoms with Gasteiger partial charge in [-0.2, -0.15) is 0 Å². The Morgan fingerprint density at radius 2 is 1.67 bits per heavy atom. The van der Waals surface area contributed by atoms with E-state index in [9.17, 15) is 18.1 Å². The van der Waals surface area contributed by atoms with Gasteiger partial charge in [0.1, 0.15) is 0 Å². The van der Waals surface area contributed by atoms with E-state index < -0.39 is 18.5 Å². The molecule has 1 atom stereocenters. The summed E-state index contributed by atoms with van der Waals surface area (Å²) in [5.74, 6) is 0. The molecule has 1 nitrogen and oxygen atoms in total. The quantitative estimate of drug-likeness (QED) is 0.687. The molecule has 0 radical (unpaired) electrons. The molecule has 6 heteroatoms. The SMILES string of the molecule is CCC(O)c1ccc([B-](F)(F)F)cc1.[K+]. The molecular weight excluding hydrogens is 231 g/mol. The van der Waals surface area contributed by atoms with Crippen molar-refractivity contribution in [2.45, 2.75) is 19.4 Å². The molecule has 0 amide bonds. The summed E-state index contributed by atoms with van der Waals surface area (Å²) in [6, 6.07) is 4.65. The number of aliphatic hydroxyl groups excluding tert-OH is 1. The van der Waals surface area contributed by atoms with Gasteiger partial charge in [-0.15, -0.1) is 5.46 Å². The minimum Gasteiger partial charge on any atom is -0.445 e. The molecule has 1 aromatic rings. The average molecular weight is 242 g/mol. The molecule has 0 saturated carbocycles. The van der Waals surface area contributed by atoms with Crippen LogP contribution in [0.4, 0.5) is 12.9 Å². The first-order valence-electron chi connectivity index (χ1n) is 4.43. The van der Waals surface area contributed by atoms with Crippen molar-refractivity contribution >= 4 is 12.4 Å². The van der Waals surface area contributed by atoms with Crippen LogP contribution >= 0.6 is 0 Å². The van der Waals surface area contributed by atoms with Crippen molar-refractivity contribution in [2.75, 3.05) is 0 Å². The number of benzene rings is 1. The standard InChI is InChI=1S/C9H11BF3O.K/c1-2-9(14)7-3-5-8(6-4-7)10(11,12)13;/h3-6,9,14H,2H2,1H3;/q-1;+1. The van der Waals surface area contributed by atoms with Gasteiger partial charge in [0.15, 0.2) is 0 Å². The van der Waals surface area contributed by atoms with Gasteiger partial charge in [-0.3, -0.25) is 0 Å². The van der Waals surface area contributed by atoms with E-state index >= 15 is 0 Å². The molecule has 0 heterocycles. The second-order valence-electron chi connectivity index (χ2n) is 3.17. The van der Waals surface area contributed by atoms with Gasteiger partial charge in [-0.05, 0) is 12.0 Å². The van der Waals surface area contributed by atoms with E-state index in [1.54, 1.807) is 6.92 Å². The Labute approximate surface area is 130 Å². The number of rotatable bonds is 3. The Kier molecular flexibility index (Phi) is 6.70. The van der Waals surface area contributed by atoms with Gasteiger partial charge < -0.3 is 18.1 Å². The molecule has 0 bridgehead atoms. The van der Waals surface area contributed by atoms with E-state index in [-0.39, 0.29) is 51.4 Å². The van der Waals surface area contributed by atoms with Crippen molar-refractivity contribution in [1.29, 1.82) is 0 Å². The van der Waals surface area contributed by atoms with Gasteiger partial charge in [0, 0.05) is 0 Å². The molecule has 0 saturated heterocycles. The van der Waals surface area contributed by atoms with Gasteiger partial charge in [-0.25, -0.2) is 0 Å². The first-order valence-corrected chi connectivity index (χ1v) is 4.43. The van der Waals surface area contributed by atoms with Crippen LogP contribution in [0.5, 0.6) is 0 Å². The number of halogens is 3. The molecule has 0 fully saturated rings. The minimum absolute atomic E-state index is 0. The van der Waals surface area contributed by atoms with Gasteiger partial charge >= 0.3 is 58.4 Å². The molecule has 0 aromatic heterocycles. The number of aliphatic hydroxyl groups is 1. The van der Waals surface area contributed by atoms with Crippen molar-refractivity contribution in [3.63, 3.8) is 0 Å². The molecule has 0 aliphatic carbocycles. The molecule has 0 spiro atoms. The van der Waals surface area contributed by atoms with Gasteiger partial charge in [0.25, 0.3) is 0 Å². The molecule has 1 unspecified atom stereocenters. The smallest absolute Gasteiger partial charge is 0.445 e. The van der Waals surface area contributed by atoms with Crippen molar-refractivity contribution in [3.8, 4) is 0 Å². The summed E-state index contributed by atoms with van der Waals surface area (Å²) in [4.78, 5) is 0. The average Bonchev–Trinajstić information content (AvgIpc) is 2.15. The minimum atomic E-state index is -4.93. The first-order chi connectivity index (χ1) is 6.45. The second kappa shape index (κ2) is 6.42. The van der Waals surface area contributed by atoms with E-state index in [0.717, 1.165) is 12.1 Å². The molecule has 1 aromatic carbocycles. The zero-order valence-electron chi connectivity index (χ0n) is 8.75. The third-order valence-corrected chi connectivity index (χ3v) is 2.09. The van der Waals surface area contributed by atoms with E-state index in [4.69, 9.17) is 0 Å². The Balaban J connectivity index is 0.00000196. The number of hydrogen-bond donors (Lipinski definition) is 1. The fraction of sp³-hybridized carbons (Fsp3) is 0.333. The fourth-order valence-corrected chi connectivity index (χ4v) is 1.17. The van der Waals surface area contributed by atoms with Gasteiger partial charge in [-0.1, -0.05) is 31.2 Å². The van der Waals surface area contributed by atoms with Crippen LogP contribution in [0.15, 0.2) is 24.3 Å². The maximum atomic E-state index is 12.2. The fourth-order valence-electron chi connectivity index (χ4n) is 1.17. The van der Waals surface area contributed by atoms with Crippen LogP contribution in [0.3, 0.4) is 0 Å². The summed E-state index contributed by atoms with van der Waals surface area (Å²) in [6.07, 6.45) is -0.180. The second-order valence-corrected chi connectivity index (χ2v) is 3.17. The maximum absolute atomic E-state index is 12.2. The molecule has 0 aliphatic heterocycles. The summed E-state index contributed by atoms with van der Waals surface area (Å²) in [6.45, 7) is -3.16. The monoisotopic (exact) mass is 242 g/mol. The van der Waals surface area contributed by atoms with Crippen molar-refractivity contribution in [2.24, 2.45) is 0 Å². The largest absolute Gasteiger partial charge is 1.00 e. The van der Waals surface area contributed by atoms with Crippen LogP contribution in [-0.4, -0.2) is 12.1 Å². The molecular formula is C9H11BF3KO. The zero-order chi connectivity index (χ0) is 10.8. The van der Waals surface area contributed by atoms with Crippen LogP contribution in [0.2, 0.25) is 0 Å². The van der Waals surface area contributed by atoms with Gasteiger partial charge in [0.2, 0.25) is 0 Å². The Hall–Kier alpha value is 0.671. The predicted molar refractivity (Wildman–Crippen MR) is 50.4 cm³/mol. The van der Waals surface area contributed by atoms with Crippen molar-refractivity contribution in [3.05, 3.63) is 29.8 Å². The van der Waals surface area contributed by atoms with E-state index in [1.807, 2.05) is 0 Å². The van der Waals surface area contributed by atoms with Crippen LogP contribution in [0, 0.1) is 0 Å². The van der Waals surface area contributed by atoms with Crippen LogP contribution in [-0.2, 0) is 0 Å². The molecule has 15 heavy (non-hydrogen) atoms. The normalized spacial score (nSPS) is 13.1. The van der Waals surface area contributed by atoms with Crippen LogP contribution in [0.1, 0.15) is 25.0 Å². The maximum Gasteiger partial charge on any atom is 1.00 e. The summed E-state index contributed by atoms with van der Waals surface area (Å²) >= 11 is 0. The van der Waals surface area contributed by atoms with Gasteiger partial charge in [0.05, 0.1) is 6.10 Å². The Bertz CT molecular complexity index is 299. The van der Waals surface area contributed by atoms with E-state index in [2.05, 4.69) is 0 Å². The van der Waals surface area contributed by atoms with Crippen LogP contribution < -0.4 is 56.8 Å². The van der Waals surface area contributed by atoms with E-state index in [1.165, 1.54) is 12.1 Å². The van der Waals surface area contributed by atoms with E-state index in [0.29, 0.717) is 12.0 Å². The third-order valence-electron chi connectivity index (χ3n) is 2.09. The zero-order valence-corrected chi connectivity index (χ0v) is 11.9. The number of hydrogen-bond acceptors (Lipinski definition) is 1. The van der Waals surface area contributed by atoms with Crippen molar-refractivity contribution < 1.29 is 69.4 Å². The third kappa shape index (κ3) is 4.58.